The average Bonchev–Trinajstić information content (AvgIpc) is 1.61. The lowest BCUT2D eigenvalue weighted by atomic mass is 9.95. The normalized spacial score (nSPS) is 16.2. The van der Waals surface area contributed by atoms with Gasteiger partial charge in [0, 0.05) is 143 Å². The van der Waals surface area contributed by atoms with E-state index in [0.29, 0.717) is 89.8 Å². The summed E-state index contributed by atoms with van der Waals surface area (Å²) in [6, 6.07) is 35.6. The van der Waals surface area contributed by atoms with Crippen LogP contribution in [0, 0.1) is 0 Å². The largest absolute Gasteiger partial charge is 0.478 e. The first-order valence-electron chi connectivity index (χ1n) is 41.9. The zero-order valence-corrected chi connectivity index (χ0v) is 84.3. The molecule has 18 heterocycles. The molecule has 0 spiro atoms. The van der Waals surface area contributed by atoms with Crippen LogP contribution in [0.4, 0.5) is 56.2 Å². The molecule has 5 aliphatic heterocycles. The number of thiophene rings is 5. The van der Waals surface area contributed by atoms with Crippen molar-refractivity contribution in [2.75, 3.05) is 56.3 Å². The van der Waals surface area contributed by atoms with E-state index >= 15 is 0 Å². The summed E-state index contributed by atoms with van der Waals surface area (Å²) in [5.74, 6) is 5.69. The standard InChI is InChI=1S/2C19H15Cl2N5S.C18H15Cl2N5OS.C18H13Cl2N5S.C14H11Cl2N3O2.C4H6N2S.CH3F/c2*1-10-17(19-24-14-8-27-9-15(14)25(19)2)18(26-16(23-10)5-6-22-26)11-3-4-12(20)13(21)7-11;1-9-16(18(26)24-14-8-27-7-13(14)21)17(25-15(23-9)4-5-22-25)10-2-3-11(19)12(20)6-10;1-9-16(18-23-13-7-26-8-14(13)24-18)17(25-15(22-9)4-5-21-25)10-2-3-11(19)12(20)6-10;1-7-12(14(20)21)13(19-11(18-7)4-5-17-19)8-2-3-9(15)10(16)6-8;5-3-1-7-2-4(3)6;1-2/h2*3-9,18,23H,1-2H3;2-8,17,23H,21H2,1H3,(H,24,26);2-8,17,22H,1H3,(H,23,24);2-6,13,18H,1H3,(H,20,21);1-2H,5-6H2;1H3/i;;;;;;1D. The lowest BCUT2D eigenvalue weighted by molar-refractivity contribution is -0.133. The number of halogens is 11. The van der Waals surface area contributed by atoms with Crippen LogP contribution in [0.25, 0.3) is 49.8 Å². The first-order chi connectivity index (χ1) is 66.4. The maximum atomic E-state index is 13.1. The predicted octanol–water partition coefficient (Wildman–Crippen LogP) is 26.6. The summed E-state index contributed by atoms with van der Waals surface area (Å²) >= 11 is 69.5. The van der Waals surface area contributed by atoms with Gasteiger partial charge < -0.3 is 68.3 Å². The number of anilines is 9. The predicted molar refractivity (Wildman–Crippen MR) is 562 cm³/mol. The van der Waals surface area contributed by atoms with E-state index in [1.807, 2.05) is 143 Å². The highest BCUT2D eigenvalue weighted by atomic mass is 35.5. The van der Waals surface area contributed by atoms with Crippen molar-refractivity contribution in [1.82, 2.24) is 78.0 Å². The number of nitrogen functional groups attached to an aromatic ring is 3. The second kappa shape index (κ2) is 40.9. The van der Waals surface area contributed by atoms with E-state index in [0.717, 1.165) is 141 Å². The number of amides is 1. The number of imidazole rings is 3. The number of alkyl halides is 1. The number of aliphatic carboxylic acids is 1. The zero-order chi connectivity index (χ0) is 97.5. The minimum atomic E-state index is -1.00. The van der Waals surface area contributed by atoms with E-state index in [1.165, 1.54) is 22.7 Å². The Morgan fingerprint density at radius 2 is 0.693 bits per heavy atom. The van der Waals surface area contributed by atoms with Gasteiger partial charge in [-0.25, -0.2) is 43.2 Å². The van der Waals surface area contributed by atoms with Crippen LogP contribution in [0.3, 0.4) is 0 Å². The van der Waals surface area contributed by atoms with Gasteiger partial charge >= 0.3 is 5.97 Å². The Morgan fingerprint density at radius 3 is 1.03 bits per heavy atom. The van der Waals surface area contributed by atoms with Crippen LogP contribution >= 0.6 is 173 Å². The lowest BCUT2D eigenvalue weighted by Gasteiger charge is -2.30. The van der Waals surface area contributed by atoms with Crippen molar-refractivity contribution in [1.29, 1.82) is 0 Å². The molecule has 18 aromatic rings. The Bertz CT molecular complexity index is 7640. The Balaban J connectivity index is 0.000000116. The summed E-state index contributed by atoms with van der Waals surface area (Å²) in [5, 5.41) is 75.8. The number of allylic oxidation sites excluding steroid dienone is 8. The Hall–Kier alpha value is -12.1. The number of aromatic amines is 1. The van der Waals surface area contributed by atoms with Gasteiger partial charge in [0.15, 0.2) is 0 Å². The van der Waals surface area contributed by atoms with Crippen molar-refractivity contribution in [3.05, 3.63) is 341 Å². The fourth-order valence-electron chi connectivity index (χ4n) is 16.6. The van der Waals surface area contributed by atoms with Crippen LogP contribution in [0.1, 0.15) is 111 Å². The summed E-state index contributed by atoms with van der Waals surface area (Å²) in [4.78, 5) is 42.8. The molecule has 0 aliphatic carbocycles. The maximum absolute atomic E-state index is 13.1. The number of carbonyl (C=O) groups excluding carboxylic acids is 1. The molecular formula is C93H78Cl10FN25O3S5. The lowest BCUT2D eigenvalue weighted by Crippen LogP contribution is -2.31. The SMILES string of the molecule is CC1=C(C(=O)Nc2cscc2N)C(c2ccc(Cl)c(Cl)c2)n2nccc2N1.CC1=C(C(=O)O)C(c2ccc(Cl)c(Cl)c2)n2nccc2N1.CC1=C(c2nc3cscc3[nH]2)C(c2ccc(Cl)c(Cl)c2)n2nccc2N1.CC1=C(c2nc3cscc3n2C)C(c2ccc(Cl)c(Cl)c2)n2nccc2N1.CC1=C(c2nc3cscc3n2C)C(c2ccc(Cl)c(Cl)c2)n2nccc2N1.Nc1cscc1N.[2H]CF. The molecule has 5 atom stereocenters. The van der Waals surface area contributed by atoms with Gasteiger partial charge in [-0.3, -0.25) is 9.18 Å². The third-order valence-corrected chi connectivity index (χ3v) is 30.3. The minimum Gasteiger partial charge on any atom is -0.478 e. The van der Waals surface area contributed by atoms with Gasteiger partial charge in [0.05, 0.1) is 157 Å². The molecule has 5 aromatic carbocycles. The molecule has 0 fully saturated rings. The third-order valence-electron chi connectivity index (χ3n) is 22.9. The van der Waals surface area contributed by atoms with Crippen molar-refractivity contribution >= 4 is 286 Å². The Labute approximate surface area is 853 Å². The van der Waals surface area contributed by atoms with E-state index in [2.05, 4.69) is 112 Å². The number of H-pyrrole nitrogens is 1. The number of carboxylic acids is 1. The molecule has 23 rings (SSSR count). The quantitative estimate of drug-likeness (QED) is 0.0573. The first kappa shape index (κ1) is 95.3. The number of aromatic nitrogens is 16. The van der Waals surface area contributed by atoms with Crippen LogP contribution in [0.5, 0.6) is 0 Å². The molecule has 14 N–H and O–H groups in total. The van der Waals surface area contributed by atoms with E-state index in [4.69, 9.17) is 150 Å². The number of hydrogen-bond donors (Lipinski definition) is 11. The zero-order valence-electron chi connectivity index (χ0n) is 73.7. The molecule has 137 heavy (non-hydrogen) atoms. The Kier molecular flexibility index (Phi) is 28.5. The van der Waals surface area contributed by atoms with Gasteiger partial charge in [-0.15, -0.1) is 56.7 Å². The summed E-state index contributed by atoms with van der Waals surface area (Å²) in [7, 11) is 3.09. The fraction of sp³-hybridized carbons (Fsp3) is 0.140. The fourth-order valence-corrected chi connectivity index (χ4v) is 21.6. The van der Waals surface area contributed by atoms with Crippen LogP contribution in [0.15, 0.2) is 246 Å². The molecular weight excluding hydrogens is 2050 g/mol. The number of carbonyl (C=O) groups is 2. The number of fused-ring (bicyclic) bond motifs is 8. The summed E-state index contributed by atoms with van der Waals surface area (Å²) < 4.78 is 29.0. The monoisotopic (exact) mass is 2120 g/mol. The van der Waals surface area contributed by atoms with E-state index < -0.39 is 25.2 Å². The van der Waals surface area contributed by atoms with Crippen LogP contribution in [-0.4, -0.2) is 102 Å². The second-order valence-electron chi connectivity index (χ2n) is 31.3. The number of nitrogens with zero attached hydrogens (tertiary/aromatic N) is 15. The summed E-state index contributed by atoms with van der Waals surface area (Å²) in [5.41, 5.74) is 38.1. The van der Waals surface area contributed by atoms with Gasteiger partial charge in [0.2, 0.25) is 0 Å². The van der Waals surface area contributed by atoms with E-state index in [-0.39, 0.29) is 29.6 Å². The number of benzene rings is 5. The minimum absolute atomic E-state index is 0.153. The maximum Gasteiger partial charge on any atom is 0.335 e. The van der Waals surface area contributed by atoms with Gasteiger partial charge in [-0.05, 0) is 123 Å². The number of nitrogens with two attached hydrogens (primary N) is 3. The first-order valence-corrected chi connectivity index (χ1v) is 49.7. The molecule has 0 bridgehead atoms. The van der Waals surface area contributed by atoms with Crippen LogP contribution in [-0.2, 0) is 23.7 Å². The van der Waals surface area contributed by atoms with Gasteiger partial charge in [-0.2, -0.15) is 25.5 Å². The van der Waals surface area contributed by atoms with Crippen molar-refractivity contribution < 1.29 is 20.5 Å². The highest BCUT2D eigenvalue weighted by Gasteiger charge is 2.39. The van der Waals surface area contributed by atoms with E-state index in [1.54, 1.807) is 128 Å². The number of nitrogens with one attached hydrogen (secondary N) is 7. The molecule has 5 unspecified atom stereocenters. The average molecular weight is 2130 g/mol. The molecule has 5 aliphatic rings. The molecule has 44 heteroatoms. The van der Waals surface area contributed by atoms with Gasteiger partial charge in [0.25, 0.3) is 5.91 Å². The third kappa shape index (κ3) is 19.3. The van der Waals surface area contributed by atoms with Crippen molar-refractivity contribution in [3.8, 4) is 0 Å². The highest BCUT2D eigenvalue weighted by molar-refractivity contribution is 7.10. The number of aryl methyl sites for hydroxylation is 2. The van der Waals surface area contributed by atoms with Crippen molar-refractivity contribution in [2.24, 2.45) is 14.1 Å². The number of carboxylic acid groups (broad SMARTS) is 1. The Morgan fingerprint density at radius 1 is 0.387 bits per heavy atom. The van der Waals surface area contributed by atoms with Gasteiger partial charge in [0.1, 0.15) is 76.8 Å². The molecule has 1 amide bonds. The van der Waals surface area contributed by atoms with Crippen molar-refractivity contribution in [3.63, 3.8) is 0 Å². The van der Waals surface area contributed by atoms with Crippen LogP contribution < -0.4 is 49.1 Å². The topological polar surface area (TPSA) is 358 Å². The number of hydrogen-bond acceptors (Lipinski definition) is 23. The molecule has 0 saturated carbocycles. The number of rotatable bonds is 11. The second-order valence-corrected chi connectivity index (χ2v) is 39.1. The molecule has 0 saturated heterocycles. The van der Waals surface area contributed by atoms with Crippen LogP contribution in [0.2, 0.25) is 50.2 Å². The highest BCUT2D eigenvalue weighted by Crippen LogP contribution is 2.49. The summed E-state index contributed by atoms with van der Waals surface area (Å²) in [6.45, 7) is 9.76. The molecule has 700 valence electrons. The van der Waals surface area contributed by atoms with Gasteiger partial charge in [-0.1, -0.05) is 146 Å². The smallest absolute Gasteiger partial charge is 0.335 e. The molecule has 28 nitrogen and oxygen atoms in total. The summed E-state index contributed by atoms with van der Waals surface area (Å²) in [6.07, 6.45) is 8.66. The molecule has 0 radical (unpaired) electrons. The van der Waals surface area contributed by atoms with E-state index in [9.17, 15) is 19.1 Å². The van der Waals surface area contributed by atoms with Crippen molar-refractivity contribution in [2.45, 2.75) is 64.8 Å². The molecule has 13 aromatic heterocycles.